The Kier molecular flexibility index (Phi) is 6.68. The highest BCUT2D eigenvalue weighted by atomic mass is 16.5. The summed E-state index contributed by atoms with van der Waals surface area (Å²) in [7, 11) is 1.65. The molecule has 2 N–H and O–H groups in total. The number of benzene rings is 3. The number of para-hydroxylation sites is 1. The van der Waals surface area contributed by atoms with Crippen LogP contribution in [0.4, 0.5) is 16.2 Å². The average Bonchev–Trinajstić information content (AvgIpc) is 2.95. The van der Waals surface area contributed by atoms with Gasteiger partial charge < -0.3 is 20.3 Å². The quantitative estimate of drug-likeness (QED) is 0.570. The van der Waals surface area contributed by atoms with Gasteiger partial charge in [-0.05, 0) is 31.2 Å². The monoisotopic (exact) mass is 456 g/mol. The summed E-state index contributed by atoms with van der Waals surface area (Å²) in [5.41, 5.74) is 3.60. The molecule has 8 heteroatoms. The van der Waals surface area contributed by atoms with Crippen molar-refractivity contribution in [3.05, 3.63) is 95.6 Å². The molecule has 0 bridgehead atoms. The second-order valence-corrected chi connectivity index (χ2v) is 7.56. The largest absolute Gasteiger partial charge is 0.462 e. The van der Waals surface area contributed by atoms with Crippen LogP contribution in [0.2, 0.25) is 0 Å². The van der Waals surface area contributed by atoms with E-state index in [1.54, 1.807) is 32.2 Å². The fraction of sp³-hybridized carbons (Fsp3) is 0.154. The summed E-state index contributed by atoms with van der Waals surface area (Å²) in [5.74, 6) is -0.865. The minimum atomic E-state index is -1.15. The Morgan fingerprint density at radius 3 is 2.50 bits per heavy atom. The molecule has 0 radical (unpaired) electrons. The Hall–Kier alpha value is -4.46. The highest BCUT2D eigenvalue weighted by Crippen LogP contribution is 2.27. The van der Waals surface area contributed by atoms with E-state index in [1.807, 2.05) is 54.6 Å². The fourth-order valence-corrected chi connectivity index (χ4v) is 3.67. The predicted molar refractivity (Wildman–Crippen MR) is 130 cm³/mol. The lowest BCUT2D eigenvalue weighted by Gasteiger charge is -2.21. The summed E-state index contributed by atoms with van der Waals surface area (Å²) in [6.45, 7) is 1.97. The number of carbonyl (C=O) groups is 3. The van der Waals surface area contributed by atoms with Gasteiger partial charge in [0, 0.05) is 23.9 Å². The molecule has 0 spiro atoms. The van der Waals surface area contributed by atoms with Crippen molar-refractivity contribution in [2.24, 2.45) is 4.99 Å². The Balaban J connectivity index is 1.61. The fourth-order valence-electron chi connectivity index (χ4n) is 3.67. The number of rotatable bonds is 5. The third-order valence-corrected chi connectivity index (χ3v) is 5.29. The summed E-state index contributed by atoms with van der Waals surface area (Å²) >= 11 is 0. The average molecular weight is 457 g/mol. The zero-order valence-electron chi connectivity index (χ0n) is 18.8. The minimum absolute atomic E-state index is 0.248. The molecule has 0 saturated carbocycles. The van der Waals surface area contributed by atoms with Gasteiger partial charge in [-0.1, -0.05) is 54.6 Å². The molecule has 1 aliphatic rings. The van der Waals surface area contributed by atoms with E-state index in [0.717, 1.165) is 11.1 Å². The van der Waals surface area contributed by atoms with E-state index < -0.39 is 18.2 Å². The number of urea groups is 1. The first-order valence-corrected chi connectivity index (χ1v) is 10.8. The van der Waals surface area contributed by atoms with E-state index >= 15 is 0 Å². The van der Waals surface area contributed by atoms with Crippen LogP contribution in [0.1, 0.15) is 28.4 Å². The number of ether oxygens (including phenoxy) is 1. The molecule has 0 fully saturated rings. The summed E-state index contributed by atoms with van der Waals surface area (Å²) in [4.78, 5) is 44.1. The molecule has 0 aromatic heterocycles. The number of nitrogens with one attached hydrogen (secondary N) is 2. The molecular formula is C26H24N4O4. The molecule has 34 heavy (non-hydrogen) atoms. The van der Waals surface area contributed by atoms with Crippen molar-refractivity contribution in [3.63, 3.8) is 0 Å². The number of esters is 1. The number of anilines is 2. The van der Waals surface area contributed by atoms with Crippen molar-refractivity contribution in [1.82, 2.24) is 5.32 Å². The number of nitrogens with zero attached hydrogens (tertiary/aromatic N) is 2. The van der Waals surface area contributed by atoms with Crippen molar-refractivity contribution < 1.29 is 19.1 Å². The standard InChI is InChI=1S/C26H24N4O4/c1-3-34-25(32)18-12-9-13-19(16-18)27-26(33)29-23-24(31)30(2)21-15-8-7-14-20(21)22(28-23)17-10-5-4-6-11-17/h4-16,23H,3H2,1-2H3,(H2,27,29,33). The summed E-state index contributed by atoms with van der Waals surface area (Å²) in [5, 5.41) is 5.31. The molecule has 172 valence electrons. The Morgan fingerprint density at radius 2 is 1.74 bits per heavy atom. The minimum Gasteiger partial charge on any atom is -0.462 e. The second kappa shape index (κ2) is 9.99. The number of benzodiazepines with no additional fused rings is 1. The lowest BCUT2D eigenvalue weighted by Crippen LogP contribution is -2.47. The number of amides is 3. The molecule has 3 aromatic carbocycles. The van der Waals surface area contributed by atoms with Crippen molar-refractivity contribution in [1.29, 1.82) is 0 Å². The summed E-state index contributed by atoms with van der Waals surface area (Å²) in [6.07, 6.45) is -1.15. The normalized spacial score (nSPS) is 15.0. The first kappa shape index (κ1) is 22.7. The van der Waals surface area contributed by atoms with Gasteiger partial charge in [-0.2, -0.15) is 0 Å². The molecule has 0 saturated heterocycles. The first-order chi connectivity index (χ1) is 16.5. The van der Waals surface area contributed by atoms with Crippen molar-refractivity contribution >= 4 is 35.0 Å². The van der Waals surface area contributed by atoms with E-state index in [2.05, 4.69) is 15.6 Å². The van der Waals surface area contributed by atoms with Gasteiger partial charge in [0.05, 0.1) is 23.6 Å². The molecular weight excluding hydrogens is 432 g/mol. The first-order valence-electron chi connectivity index (χ1n) is 10.8. The van der Waals surface area contributed by atoms with Crippen LogP contribution in [0.5, 0.6) is 0 Å². The second-order valence-electron chi connectivity index (χ2n) is 7.56. The van der Waals surface area contributed by atoms with Crippen LogP contribution >= 0.6 is 0 Å². The van der Waals surface area contributed by atoms with E-state index in [4.69, 9.17) is 4.74 Å². The Bertz CT molecular complexity index is 1260. The van der Waals surface area contributed by atoms with Crippen molar-refractivity contribution in [2.75, 3.05) is 23.9 Å². The van der Waals surface area contributed by atoms with E-state index in [1.165, 1.54) is 11.0 Å². The van der Waals surface area contributed by atoms with E-state index in [9.17, 15) is 14.4 Å². The third kappa shape index (κ3) is 4.80. The number of carbonyl (C=O) groups excluding carboxylic acids is 3. The number of fused-ring (bicyclic) bond motifs is 1. The van der Waals surface area contributed by atoms with Gasteiger partial charge in [0.2, 0.25) is 6.17 Å². The van der Waals surface area contributed by atoms with E-state index in [-0.39, 0.29) is 12.5 Å². The van der Waals surface area contributed by atoms with Gasteiger partial charge in [0.25, 0.3) is 5.91 Å². The molecule has 4 rings (SSSR count). The zero-order chi connectivity index (χ0) is 24.1. The number of hydrogen-bond donors (Lipinski definition) is 2. The molecule has 3 aromatic rings. The number of aliphatic imine (C=N–C) groups is 1. The maximum absolute atomic E-state index is 13.2. The number of likely N-dealkylation sites (N-methyl/N-ethyl adjacent to an activating group) is 1. The SMILES string of the molecule is CCOC(=O)c1cccc(NC(=O)NC2N=C(c3ccccc3)c3ccccc3N(C)C2=O)c1. The Morgan fingerprint density at radius 1 is 1.00 bits per heavy atom. The maximum atomic E-state index is 13.2. The van der Waals surface area contributed by atoms with Gasteiger partial charge >= 0.3 is 12.0 Å². The summed E-state index contributed by atoms with van der Waals surface area (Å²) < 4.78 is 5.00. The molecule has 1 heterocycles. The Labute approximate surface area is 197 Å². The van der Waals surface area contributed by atoms with Gasteiger partial charge in [0.1, 0.15) is 0 Å². The van der Waals surface area contributed by atoms with Crippen LogP contribution in [-0.2, 0) is 9.53 Å². The molecule has 1 atom stereocenters. The highest BCUT2D eigenvalue weighted by Gasteiger charge is 2.31. The lowest BCUT2D eigenvalue weighted by atomic mass is 10.0. The lowest BCUT2D eigenvalue weighted by molar-refractivity contribution is -0.119. The smallest absolute Gasteiger partial charge is 0.338 e. The van der Waals surface area contributed by atoms with Gasteiger partial charge in [-0.3, -0.25) is 4.79 Å². The molecule has 1 aliphatic heterocycles. The van der Waals surface area contributed by atoms with E-state index in [0.29, 0.717) is 22.6 Å². The van der Waals surface area contributed by atoms with Gasteiger partial charge in [0.15, 0.2) is 0 Å². The highest BCUT2D eigenvalue weighted by molar-refractivity contribution is 6.20. The molecule has 3 amide bonds. The maximum Gasteiger partial charge on any atom is 0.338 e. The van der Waals surface area contributed by atoms with Crippen LogP contribution in [0.15, 0.2) is 83.9 Å². The topological polar surface area (TPSA) is 100 Å². The number of hydrogen-bond acceptors (Lipinski definition) is 5. The van der Waals surface area contributed by atoms with Crippen LogP contribution in [-0.4, -0.2) is 43.4 Å². The molecule has 0 aliphatic carbocycles. The van der Waals surface area contributed by atoms with Crippen LogP contribution in [0, 0.1) is 0 Å². The zero-order valence-corrected chi connectivity index (χ0v) is 18.8. The third-order valence-electron chi connectivity index (χ3n) is 5.29. The van der Waals surface area contributed by atoms with Crippen molar-refractivity contribution in [2.45, 2.75) is 13.1 Å². The van der Waals surface area contributed by atoms with Crippen LogP contribution in [0.3, 0.4) is 0 Å². The van der Waals surface area contributed by atoms with Crippen molar-refractivity contribution in [3.8, 4) is 0 Å². The van der Waals surface area contributed by atoms with Crippen LogP contribution < -0.4 is 15.5 Å². The van der Waals surface area contributed by atoms with Crippen LogP contribution in [0.25, 0.3) is 0 Å². The predicted octanol–water partition coefficient (Wildman–Crippen LogP) is 3.82. The molecule has 1 unspecified atom stereocenters. The molecule has 8 nitrogen and oxygen atoms in total. The summed E-state index contributed by atoms with van der Waals surface area (Å²) in [6, 6.07) is 22.7. The van der Waals surface area contributed by atoms with Gasteiger partial charge in [-0.25, -0.2) is 14.6 Å². The van der Waals surface area contributed by atoms with Gasteiger partial charge in [-0.15, -0.1) is 0 Å².